The highest BCUT2D eigenvalue weighted by Gasteiger charge is 2.33. The molecule has 2 aliphatic rings. The zero-order valence-corrected chi connectivity index (χ0v) is 15.1. The molecule has 2 amide bonds. The summed E-state index contributed by atoms with van der Waals surface area (Å²) in [5.74, 6) is -0.466. The first-order chi connectivity index (χ1) is 13.0. The topological polar surface area (TPSA) is 106 Å². The fourth-order valence-electron chi connectivity index (χ4n) is 2.98. The van der Waals surface area contributed by atoms with Crippen molar-refractivity contribution in [1.29, 1.82) is 0 Å². The van der Waals surface area contributed by atoms with Gasteiger partial charge in [0.2, 0.25) is 6.10 Å². The van der Waals surface area contributed by atoms with E-state index in [2.05, 4.69) is 10.6 Å². The van der Waals surface area contributed by atoms with E-state index in [4.69, 9.17) is 14.2 Å². The van der Waals surface area contributed by atoms with Gasteiger partial charge in [0.1, 0.15) is 5.75 Å². The van der Waals surface area contributed by atoms with Crippen LogP contribution in [-0.2, 0) is 19.1 Å². The number of nitrogens with zero attached hydrogens (tertiary/aromatic N) is 1. The minimum absolute atomic E-state index is 0.0758. The number of esters is 2. The Kier molecular flexibility index (Phi) is 5.49. The average molecular weight is 375 g/mol. The molecule has 9 nitrogen and oxygen atoms in total. The van der Waals surface area contributed by atoms with Gasteiger partial charge in [-0.3, -0.25) is 0 Å². The molecule has 144 valence electrons. The second-order valence-corrected chi connectivity index (χ2v) is 5.96. The third kappa shape index (κ3) is 3.97. The van der Waals surface area contributed by atoms with Crippen LogP contribution in [0.1, 0.15) is 6.92 Å². The van der Waals surface area contributed by atoms with Crippen molar-refractivity contribution < 1.29 is 28.6 Å². The molecule has 1 aromatic rings. The van der Waals surface area contributed by atoms with E-state index in [1.807, 2.05) is 17.0 Å². The number of fused-ring (bicyclic) bond motifs is 1. The van der Waals surface area contributed by atoms with Gasteiger partial charge in [0, 0.05) is 0 Å². The summed E-state index contributed by atoms with van der Waals surface area (Å²) in [7, 11) is 1.30. The first-order valence-electron chi connectivity index (χ1n) is 8.56. The standard InChI is InChI=1S/C18H21N3O6/c1-3-26-16(22)11-8-19-18(24)20-12(11)9-21-10-15(17(23)25-2)27-14-7-5-4-6-13(14)21/h4-7,15H,3,8-10H2,1-2H3,(H2,19,20,24)/t15-/m1/s1. The van der Waals surface area contributed by atoms with Crippen LogP contribution in [0.5, 0.6) is 5.75 Å². The fourth-order valence-corrected chi connectivity index (χ4v) is 2.98. The highest BCUT2D eigenvalue weighted by molar-refractivity contribution is 5.94. The maximum absolute atomic E-state index is 12.2. The molecule has 0 spiro atoms. The quantitative estimate of drug-likeness (QED) is 0.724. The number of carbonyl (C=O) groups excluding carboxylic acids is 3. The van der Waals surface area contributed by atoms with Crippen LogP contribution in [0.2, 0.25) is 0 Å². The molecule has 27 heavy (non-hydrogen) atoms. The highest BCUT2D eigenvalue weighted by Crippen LogP contribution is 2.34. The van der Waals surface area contributed by atoms with Gasteiger partial charge in [0.05, 0.1) is 50.3 Å². The maximum Gasteiger partial charge on any atom is 0.348 e. The van der Waals surface area contributed by atoms with Crippen LogP contribution in [0.4, 0.5) is 10.5 Å². The highest BCUT2D eigenvalue weighted by atomic mass is 16.6. The Morgan fingerprint density at radius 3 is 2.85 bits per heavy atom. The van der Waals surface area contributed by atoms with E-state index in [0.717, 1.165) is 5.69 Å². The summed E-state index contributed by atoms with van der Waals surface area (Å²) in [6.45, 7) is 2.44. The molecule has 2 aliphatic heterocycles. The zero-order valence-electron chi connectivity index (χ0n) is 15.1. The minimum Gasteiger partial charge on any atom is -0.475 e. The second-order valence-electron chi connectivity index (χ2n) is 5.96. The van der Waals surface area contributed by atoms with Gasteiger partial charge in [-0.1, -0.05) is 12.1 Å². The molecular formula is C18H21N3O6. The Balaban J connectivity index is 1.92. The normalized spacial score (nSPS) is 18.7. The molecule has 9 heteroatoms. The number of carbonyl (C=O) groups is 3. The number of para-hydroxylation sites is 2. The van der Waals surface area contributed by atoms with E-state index in [1.165, 1.54) is 7.11 Å². The van der Waals surface area contributed by atoms with Gasteiger partial charge < -0.3 is 29.7 Å². The van der Waals surface area contributed by atoms with Crippen molar-refractivity contribution in [2.75, 3.05) is 38.3 Å². The molecule has 1 atom stereocenters. The van der Waals surface area contributed by atoms with Crippen LogP contribution in [0, 0.1) is 0 Å². The molecule has 0 saturated heterocycles. The molecule has 0 aromatic heterocycles. The Labute approximate surface area is 156 Å². The average Bonchev–Trinajstić information content (AvgIpc) is 2.67. The molecule has 0 aliphatic carbocycles. The molecule has 0 fully saturated rings. The third-order valence-electron chi connectivity index (χ3n) is 4.25. The van der Waals surface area contributed by atoms with Crippen molar-refractivity contribution in [3.05, 3.63) is 35.5 Å². The van der Waals surface area contributed by atoms with Gasteiger partial charge in [-0.25, -0.2) is 14.4 Å². The van der Waals surface area contributed by atoms with Crippen molar-refractivity contribution in [2.24, 2.45) is 0 Å². The predicted octanol–water partition coefficient (Wildman–Crippen LogP) is 0.557. The number of urea groups is 1. The third-order valence-corrected chi connectivity index (χ3v) is 4.25. The van der Waals surface area contributed by atoms with Gasteiger partial charge in [0.15, 0.2) is 0 Å². The lowest BCUT2D eigenvalue weighted by atomic mass is 10.1. The predicted molar refractivity (Wildman–Crippen MR) is 95.3 cm³/mol. The summed E-state index contributed by atoms with van der Waals surface area (Å²) in [4.78, 5) is 37.9. The van der Waals surface area contributed by atoms with Crippen molar-refractivity contribution >= 4 is 23.7 Å². The largest absolute Gasteiger partial charge is 0.475 e. The number of benzene rings is 1. The van der Waals surface area contributed by atoms with Gasteiger partial charge >= 0.3 is 18.0 Å². The van der Waals surface area contributed by atoms with Crippen LogP contribution in [0.15, 0.2) is 35.5 Å². The Bertz CT molecular complexity index is 791. The summed E-state index contributed by atoms with van der Waals surface area (Å²) < 4.78 is 15.6. The monoisotopic (exact) mass is 375 g/mol. The van der Waals surface area contributed by atoms with E-state index >= 15 is 0 Å². The summed E-state index contributed by atoms with van der Waals surface area (Å²) in [5, 5.41) is 5.24. The minimum atomic E-state index is -0.811. The number of ether oxygens (including phenoxy) is 3. The lowest BCUT2D eigenvalue weighted by Crippen LogP contribution is -2.50. The molecule has 2 N–H and O–H groups in total. The van der Waals surface area contributed by atoms with Crippen molar-refractivity contribution in [2.45, 2.75) is 13.0 Å². The van der Waals surface area contributed by atoms with Crippen molar-refractivity contribution in [3.63, 3.8) is 0 Å². The number of anilines is 1. The lowest BCUT2D eigenvalue weighted by Gasteiger charge is -2.36. The summed E-state index contributed by atoms with van der Waals surface area (Å²) in [5.41, 5.74) is 1.52. The van der Waals surface area contributed by atoms with Gasteiger partial charge in [-0.15, -0.1) is 0 Å². The molecule has 2 heterocycles. The van der Waals surface area contributed by atoms with Gasteiger partial charge in [-0.2, -0.15) is 0 Å². The zero-order chi connectivity index (χ0) is 19.4. The number of hydrogen-bond acceptors (Lipinski definition) is 7. The first kappa shape index (κ1) is 18.6. The SMILES string of the molecule is CCOC(=O)C1=C(CN2C[C@H](C(=O)OC)Oc3ccccc32)NC(=O)NC1. The van der Waals surface area contributed by atoms with Crippen LogP contribution in [0.25, 0.3) is 0 Å². The first-order valence-corrected chi connectivity index (χ1v) is 8.56. The van der Waals surface area contributed by atoms with E-state index < -0.39 is 24.1 Å². The fraction of sp³-hybridized carbons (Fsp3) is 0.389. The number of nitrogens with one attached hydrogen (secondary N) is 2. The molecular weight excluding hydrogens is 354 g/mol. The van der Waals surface area contributed by atoms with Crippen molar-refractivity contribution in [1.82, 2.24) is 10.6 Å². The van der Waals surface area contributed by atoms with Gasteiger partial charge in [-0.05, 0) is 19.1 Å². The number of rotatable bonds is 5. The van der Waals surface area contributed by atoms with Crippen LogP contribution in [-0.4, -0.2) is 57.4 Å². The Morgan fingerprint density at radius 1 is 1.33 bits per heavy atom. The smallest absolute Gasteiger partial charge is 0.348 e. The van der Waals surface area contributed by atoms with Crippen LogP contribution < -0.4 is 20.3 Å². The molecule has 3 rings (SSSR count). The molecule has 0 bridgehead atoms. The summed E-state index contributed by atoms with van der Waals surface area (Å²) in [6.07, 6.45) is -0.811. The van der Waals surface area contributed by atoms with Gasteiger partial charge in [0.25, 0.3) is 0 Å². The van der Waals surface area contributed by atoms with Crippen LogP contribution >= 0.6 is 0 Å². The van der Waals surface area contributed by atoms with E-state index in [-0.39, 0.29) is 26.2 Å². The number of hydrogen-bond donors (Lipinski definition) is 2. The molecule has 1 aromatic carbocycles. The summed E-state index contributed by atoms with van der Waals surface area (Å²) in [6, 6.07) is 6.83. The molecule has 0 unspecified atom stereocenters. The summed E-state index contributed by atoms with van der Waals surface area (Å²) >= 11 is 0. The Morgan fingerprint density at radius 2 is 2.11 bits per heavy atom. The maximum atomic E-state index is 12.2. The van der Waals surface area contributed by atoms with E-state index in [9.17, 15) is 14.4 Å². The van der Waals surface area contributed by atoms with Crippen molar-refractivity contribution in [3.8, 4) is 5.75 Å². The lowest BCUT2D eigenvalue weighted by molar-refractivity contribution is -0.148. The number of methoxy groups -OCH3 is 1. The van der Waals surface area contributed by atoms with Crippen LogP contribution in [0.3, 0.4) is 0 Å². The number of amides is 2. The molecule has 0 radical (unpaired) electrons. The van der Waals surface area contributed by atoms with E-state index in [0.29, 0.717) is 17.0 Å². The second kappa shape index (κ2) is 7.98. The molecule has 0 saturated carbocycles. The van der Waals surface area contributed by atoms with E-state index in [1.54, 1.807) is 19.1 Å². The Hall–Kier alpha value is -3.23.